The van der Waals surface area contributed by atoms with Crippen LogP contribution in [-0.4, -0.2) is 51.4 Å². The maximum absolute atomic E-state index is 12.5. The molecule has 1 fully saturated rings. The van der Waals surface area contributed by atoms with Crippen LogP contribution < -0.4 is 10.5 Å². The molecule has 0 amide bonds. The molecule has 1 aromatic carbocycles. The van der Waals surface area contributed by atoms with Gasteiger partial charge in [0.25, 0.3) is 0 Å². The zero-order valence-corrected chi connectivity index (χ0v) is 13.5. The Hall–Kier alpha value is -1.07. The van der Waals surface area contributed by atoms with Gasteiger partial charge in [0.2, 0.25) is 10.0 Å². The number of sulfonamides is 1. The van der Waals surface area contributed by atoms with Gasteiger partial charge in [-0.15, -0.1) is 25.6 Å². The first kappa shape index (κ1) is 20.0. The van der Waals surface area contributed by atoms with Crippen LogP contribution in [0.4, 0.5) is 13.2 Å². The Labute approximate surface area is 137 Å². The van der Waals surface area contributed by atoms with Crippen molar-refractivity contribution in [3.8, 4) is 5.75 Å². The lowest BCUT2D eigenvalue weighted by atomic mass is 10.3. The van der Waals surface area contributed by atoms with Gasteiger partial charge < -0.3 is 15.2 Å². The zero-order chi connectivity index (χ0) is 16.4. The number of benzene rings is 1. The van der Waals surface area contributed by atoms with Crippen LogP contribution >= 0.6 is 12.4 Å². The molecule has 0 aromatic heterocycles. The van der Waals surface area contributed by atoms with Gasteiger partial charge in [-0.1, -0.05) is 6.07 Å². The number of morpholine rings is 1. The third-order valence-electron chi connectivity index (χ3n) is 3.04. The van der Waals surface area contributed by atoms with E-state index in [9.17, 15) is 21.6 Å². The van der Waals surface area contributed by atoms with Crippen molar-refractivity contribution in [2.75, 3.05) is 26.2 Å². The van der Waals surface area contributed by atoms with Gasteiger partial charge in [0.1, 0.15) is 5.75 Å². The molecule has 23 heavy (non-hydrogen) atoms. The van der Waals surface area contributed by atoms with E-state index in [2.05, 4.69) is 4.74 Å². The molecule has 1 aliphatic rings. The second-order valence-electron chi connectivity index (χ2n) is 4.61. The first-order chi connectivity index (χ1) is 10.2. The minimum absolute atomic E-state index is 0. The first-order valence-corrected chi connectivity index (χ1v) is 7.84. The largest absolute Gasteiger partial charge is 0.573 e. The predicted octanol–water partition coefficient (Wildman–Crippen LogP) is 1.36. The average molecular weight is 377 g/mol. The van der Waals surface area contributed by atoms with Crippen molar-refractivity contribution in [2.24, 2.45) is 5.73 Å². The summed E-state index contributed by atoms with van der Waals surface area (Å²) >= 11 is 0. The molecule has 6 nitrogen and oxygen atoms in total. The highest BCUT2D eigenvalue weighted by Crippen LogP contribution is 2.26. The number of halogens is 4. The van der Waals surface area contributed by atoms with Crippen LogP contribution in [-0.2, 0) is 14.8 Å². The highest BCUT2D eigenvalue weighted by atomic mass is 35.5. The summed E-state index contributed by atoms with van der Waals surface area (Å²) in [4.78, 5) is -0.271. The van der Waals surface area contributed by atoms with E-state index in [0.717, 1.165) is 16.4 Å². The number of nitrogens with two attached hydrogens (primary N) is 1. The quantitative estimate of drug-likeness (QED) is 0.858. The molecule has 1 atom stereocenters. The van der Waals surface area contributed by atoms with Crippen molar-refractivity contribution >= 4 is 22.4 Å². The fourth-order valence-electron chi connectivity index (χ4n) is 2.03. The molecular formula is C12H16ClF3N2O4S. The van der Waals surface area contributed by atoms with E-state index in [1.54, 1.807) is 0 Å². The van der Waals surface area contributed by atoms with Crippen molar-refractivity contribution in [3.63, 3.8) is 0 Å². The van der Waals surface area contributed by atoms with Crippen molar-refractivity contribution < 1.29 is 31.1 Å². The highest BCUT2D eigenvalue weighted by molar-refractivity contribution is 7.89. The number of hydrogen-bond acceptors (Lipinski definition) is 5. The zero-order valence-electron chi connectivity index (χ0n) is 11.8. The third kappa shape index (κ3) is 5.21. The summed E-state index contributed by atoms with van der Waals surface area (Å²) in [6, 6.07) is 4.28. The molecule has 0 spiro atoms. The van der Waals surface area contributed by atoms with E-state index >= 15 is 0 Å². The normalized spacial score (nSPS) is 19.9. The molecule has 1 aromatic rings. The smallest absolute Gasteiger partial charge is 0.406 e. The van der Waals surface area contributed by atoms with Crippen LogP contribution in [0.2, 0.25) is 0 Å². The molecule has 0 bridgehead atoms. The molecule has 0 saturated carbocycles. The molecule has 0 aliphatic carbocycles. The summed E-state index contributed by atoms with van der Waals surface area (Å²) in [5, 5.41) is 0. The SMILES string of the molecule is Cl.NCC1CN(S(=O)(=O)c2cccc(OC(F)(F)F)c2)CCO1. The van der Waals surface area contributed by atoms with E-state index in [1.165, 1.54) is 12.1 Å². The molecular weight excluding hydrogens is 361 g/mol. The highest BCUT2D eigenvalue weighted by Gasteiger charge is 2.33. The maximum atomic E-state index is 12.5. The minimum Gasteiger partial charge on any atom is -0.406 e. The summed E-state index contributed by atoms with van der Waals surface area (Å²) in [7, 11) is -3.93. The number of nitrogens with zero attached hydrogens (tertiary/aromatic N) is 1. The standard InChI is InChI=1S/C12H15F3N2O4S.ClH/c13-12(14,15)21-9-2-1-3-11(6-9)22(18,19)17-4-5-20-10(7-16)8-17;/h1-3,6,10H,4-5,7-8,16H2;1H. The van der Waals surface area contributed by atoms with Gasteiger partial charge in [-0.05, 0) is 12.1 Å². The van der Waals surface area contributed by atoms with Crippen molar-refractivity contribution in [1.29, 1.82) is 0 Å². The van der Waals surface area contributed by atoms with Crippen molar-refractivity contribution in [3.05, 3.63) is 24.3 Å². The van der Waals surface area contributed by atoms with Gasteiger partial charge in [0.15, 0.2) is 0 Å². The molecule has 0 radical (unpaired) electrons. The van der Waals surface area contributed by atoms with Gasteiger partial charge in [0.05, 0.1) is 17.6 Å². The summed E-state index contributed by atoms with van der Waals surface area (Å²) in [5.41, 5.74) is 5.45. The van der Waals surface area contributed by atoms with Gasteiger partial charge in [-0.3, -0.25) is 0 Å². The number of alkyl halides is 3. The van der Waals surface area contributed by atoms with E-state index in [0.29, 0.717) is 0 Å². The van der Waals surface area contributed by atoms with Crippen LogP contribution in [0.1, 0.15) is 0 Å². The topological polar surface area (TPSA) is 81.9 Å². The second-order valence-corrected chi connectivity index (χ2v) is 6.55. The van der Waals surface area contributed by atoms with E-state index in [4.69, 9.17) is 10.5 Å². The Kier molecular flexibility index (Phi) is 6.66. The van der Waals surface area contributed by atoms with Crippen molar-refractivity contribution in [2.45, 2.75) is 17.4 Å². The van der Waals surface area contributed by atoms with Crippen LogP contribution in [0.25, 0.3) is 0 Å². The molecule has 1 heterocycles. The van der Waals surface area contributed by atoms with Crippen LogP contribution in [0.15, 0.2) is 29.2 Å². The Morgan fingerprint density at radius 3 is 2.70 bits per heavy atom. The van der Waals surface area contributed by atoms with E-state index in [1.807, 2.05) is 0 Å². The van der Waals surface area contributed by atoms with Crippen LogP contribution in [0.3, 0.4) is 0 Å². The second kappa shape index (κ2) is 7.67. The van der Waals surface area contributed by atoms with Gasteiger partial charge >= 0.3 is 6.36 Å². The first-order valence-electron chi connectivity index (χ1n) is 6.40. The lowest BCUT2D eigenvalue weighted by Crippen LogP contribution is -2.48. The lowest BCUT2D eigenvalue weighted by molar-refractivity contribution is -0.274. The Morgan fingerprint density at radius 1 is 1.39 bits per heavy atom. The third-order valence-corrected chi connectivity index (χ3v) is 4.90. The molecule has 2 rings (SSSR count). The van der Waals surface area contributed by atoms with Crippen LogP contribution in [0, 0.1) is 0 Å². The number of hydrogen-bond donors (Lipinski definition) is 1. The number of rotatable bonds is 4. The fourth-order valence-corrected chi connectivity index (χ4v) is 3.53. The van der Waals surface area contributed by atoms with Gasteiger partial charge in [-0.2, -0.15) is 4.31 Å². The molecule has 1 aliphatic heterocycles. The monoisotopic (exact) mass is 376 g/mol. The Morgan fingerprint density at radius 2 is 2.09 bits per heavy atom. The Bertz CT molecular complexity index is 627. The average Bonchev–Trinajstić information content (AvgIpc) is 2.46. The minimum atomic E-state index is -4.88. The molecule has 1 saturated heterocycles. The molecule has 132 valence electrons. The molecule has 11 heteroatoms. The predicted molar refractivity (Wildman–Crippen MR) is 77.9 cm³/mol. The summed E-state index contributed by atoms with van der Waals surface area (Å²) in [5.74, 6) is -0.586. The Balaban J connectivity index is 0.00000264. The molecule has 1 unspecified atom stereocenters. The lowest BCUT2D eigenvalue weighted by Gasteiger charge is -2.31. The summed E-state index contributed by atoms with van der Waals surface area (Å²) < 4.78 is 71.7. The summed E-state index contributed by atoms with van der Waals surface area (Å²) in [6.45, 7) is 0.509. The summed E-state index contributed by atoms with van der Waals surface area (Å²) in [6.07, 6.45) is -5.32. The van der Waals surface area contributed by atoms with Gasteiger partial charge in [0, 0.05) is 25.7 Å². The van der Waals surface area contributed by atoms with Crippen LogP contribution in [0.5, 0.6) is 5.75 Å². The van der Waals surface area contributed by atoms with Gasteiger partial charge in [-0.25, -0.2) is 8.42 Å². The maximum Gasteiger partial charge on any atom is 0.573 e. The van der Waals surface area contributed by atoms with E-state index < -0.39 is 28.2 Å². The molecule has 2 N–H and O–H groups in total. The van der Waals surface area contributed by atoms with Crippen molar-refractivity contribution in [1.82, 2.24) is 4.31 Å². The van der Waals surface area contributed by atoms with E-state index in [-0.39, 0.29) is 43.5 Å². The number of ether oxygens (including phenoxy) is 2. The fraction of sp³-hybridized carbons (Fsp3) is 0.500.